The fourth-order valence-corrected chi connectivity index (χ4v) is 2.82. The summed E-state index contributed by atoms with van der Waals surface area (Å²) in [7, 11) is 0. The van der Waals surface area contributed by atoms with Crippen molar-refractivity contribution in [1.29, 1.82) is 0 Å². The van der Waals surface area contributed by atoms with Gasteiger partial charge in [-0.15, -0.1) is 0 Å². The van der Waals surface area contributed by atoms with Crippen molar-refractivity contribution in [2.45, 2.75) is 25.4 Å². The molecule has 0 saturated carbocycles. The van der Waals surface area contributed by atoms with Crippen LogP contribution in [-0.4, -0.2) is 30.0 Å². The first-order chi connectivity index (χ1) is 8.36. The fraction of sp³-hybridized carbons (Fsp3) is 0.500. The van der Waals surface area contributed by atoms with Crippen LogP contribution in [0.5, 0.6) is 0 Å². The lowest BCUT2D eigenvalue weighted by Crippen LogP contribution is -2.31. The maximum atomic E-state index is 11.8. The van der Waals surface area contributed by atoms with Crippen LogP contribution in [0.4, 0.5) is 0 Å². The summed E-state index contributed by atoms with van der Waals surface area (Å²) in [6, 6.07) is 10.3. The van der Waals surface area contributed by atoms with Gasteiger partial charge in [-0.25, -0.2) is 0 Å². The van der Waals surface area contributed by atoms with E-state index in [4.69, 9.17) is 4.74 Å². The van der Waals surface area contributed by atoms with Crippen molar-refractivity contribution < 1.29 is 9.53 Å². The topological polar surface area (TPSA) is 26.3 Å². The summed E-state index contributed by atoms with van der Waals surface area (Å²) in [6.07, 6.45) is 2.39. The summed E-state index contributed by atoms with van der Waals surface area (Å²) < 4.78 is 5.47. The van der Waals surface area contributed by atoms with E-state index in [1.807, 2.05) is 30.0 Å². The molecule has 1 saturated heterocycles. The highest BCUT2D eigenvalue weighted by Gasteiger charge is 2.21. The van der Waals surface area contributed by atoms with E-state index in [0.717, 1.165) is 31.0 Å². The quantitative estimate of drug-likeness (QED) is 0.803. The third-order valence-electron chi connectivity index (χ3n) is 2.91. The third-order valence-corrected chi connectivity index (χ3v) is 3.90. The van der Waals surface area contributed by atoms with Crippen molar-refractivity contribution in [2.24, 2.45) is 0 Å². The van der Waals surface area contributed by atoms with Crippen LogP contribution < -0.4 is 0 Å². The maximum absolute atomic E-state index is 11.8. The van der Waals surface area contributed by atoms with Crippen molar-refractivity contribution in [1.82, 2.24) is 0 Å². The Kier molecular flexibility index (Phi) is 5.08. The van der Waals surface area contributed by atoms with E-state index >= 15 is 0 Å². The zero-order valence-corrected chi connectivity index (χ0v) is 10.7. The molecule has 0 bridgehead atoms. The molecule has 1 fully saturated rings. The summed E-state index contributed by atoms with van der Waals surface area (Å²) in [5.41, 5.74) is 1.30. The zero-order valence-electron chi connectivity index (χ0n) is 9.93. The molecule has 0 aromatic heterocycles. The van der Waals surface area contributed by atoms with Gasteiger partial charge in [0, 0.05) is 17.9 Å². The van der Waals surface area contributed by atoms with Gasteiger partial charge in [0.2, 0.25) is 0 Å². The smallest absolute Gasteiger partial charge is 0.162 e. The molecule has 1 aliphatic heterocycles. The number of hydrogen-bond donors (Lipinski definition) is 0. The molecule has 0 N–H and O–H groups in total. The number of ether oxygens (including phenoxy) is 1. The van der Waals surface area contributed by atoms with Gasteiger partial charge in [0.1, 0.15) is 6.10 Å². The van der Waals surface area contributed by atoms with Crippen LogP contribution in [0.2, 0.25) is 0 Å². The highest BCUT2D eigenvalue weighted by molar-refractivity contribution is 7.99. The lowest BCUT2D eigenvalue weighted by molar-refractivity contribution is -0.129. The summed E-state index contributed by atoms with van der Waals surface area (Å²) in [4.78, 5) is 11.8. The molecule has 1 aromatic carbocycles. The van der Waals surface area contributed by atoms with Crippen LogP contribution >= 0.6 is 11.8 Å². The predicted octanol–water partition coefficient (Wildman–Crippen LogP) is 2.71. The molecule has 1 aromatic rings. The molecule has 1 unspecified atom stereocenters. The molecule has 1 heterocycles. The minimum absolute atomic E-state index is 0.149. The Morgan fingerprint density at radius 1 is 1.35 bits per heavy atom. The molecule has 17 heavy (non-hydrogen) atoms. The van der Waals surface area contributed by atoms with E-state index in [1.54, 1.807) is 0 Å². The largest absolute Gasteiger partial charge is 0.369 e. The Balaban J connectivity index is 1.69. The Morgan fingerprint density at radius 3 is 2.88 bits per heavy atom. The van der Waals surface area contributed by atoms with Gasteiger partial charge in [-0.05, 0) is 18.4 Å². The zero-order chi connectivity index (χ0) is 11.9. The van der Waals surface area contributed by atoms with E-state index in [2.05, 4.69) is 12.1 Å². The lowest BCUT2D eigenvalue weighted by Gasteiger charge is -2.20. The highest BCUT2D eigenvalue weighted by atomic mass is 32.2. The van der Waals surface area contributed by atoms with Crippen LogP contribution in [0.25, 0.3) is 0 Å². The number of hydrogen-bond acceptors (Lipinski definition) is 3. The van der Waals surface area contributed by atoms with Crippen LogP contribution in [0.3, 0.4) is 0 Å². The third kappa shape index (κ3) is 4.17. The average Bonchev–Trinajstić information content (AvgIpc) is 2.41. The van der Waals surface area contributed by atoms with Crippen molar-refractivity contribution in [3.05, 3.63) is 35.9 Å². The molecule has 1 aliphatic rings. The fourth-order valence-electron chi connectivity index (χ4n) is 1.95. The van der Waals surface area contributed by atoms with Crippen molar-refractivity contribution >= 4 is 17.5 Å². The second-order valence-corrected chi connectivity index (χ2v) is 5.39. The second kappa shape index (κ2) is 6.82. The molecule has 1 atom stereocenters. The van der Waals surface area contributed by atoms with E-state index in [0.29, 0.717) is 6.42 Å². The molecule has 0 spiro atoms. The van der Waals surface area contributed by atoms with Crippen LogP contribution in [0, 0.1) is 0 Å². The number of rotatable bonds is 5. The van der Waals surface area contributed by atoms with Gasteiger partial charge < -0.3 is 4.74 Å². The monoisotopic (exact) mass is 250 g/mol. The Hall–Kier alpha value is -0.800. The number of Topliss-reactive ketones (excluding diaryl/α,β-unsaturated/α-hetero) is 1. The van der Waals surface area contributed by atoms with E-state index in [1.165, 1.54) is 5.56 Å². The molecule has 3 heteroatoms. The van der Waals surface area contributed by atoms with Crippen LogP contribution in [0.15, 0.2) is 30.3 Å². The maximum Gasteiger partial charge on any atom is 0.162 e. The Morgan fingerprint density at radius 2 is 2.18 bits per heavy atom. The van der Waals surface area contributed by atoms with Gasteiger partial charge in [0.05, 0.1) is 6.61 Å². The number of benzene rings is 1. The number of thioether (sulfide) groups is 1. The summed E-state index contributed by atoms with van der Waals surface area (Å²) >= 11 is 1.82. The first-order valence-corrected chi connectivity index (χ1v) is 7.28. The number of carbonyl (C=O) groups is 1. The van der Waals surface area contributed by atoms with Crippen LogP contribution in [-0.2, 0) is 16.0 Å². The molecular formula is C14H18O2S. The number of aryl methyl sites for hydroxylation is 1. The molecule has 0 radical (unpaired) electrons. The Labute approximate surface area is 107 Å². The van der Waals surface area contributed by atoms with Gasteiger partial charge >= 0.3 is 0 Å². The molecule has 0 amide bonds. The van der Waals surface area contributed by atoms with E-state index < -0.39 is 0 Å². The summed E-state index contributed by atoms with van der Waals surface area (Å²) in [6.45, 7) is 0.722. The molecule has 2 rings (SSSR count). The lowest BCUT2D eigenvalue weighted by atomic mass is 10.0. The SMILES string of the molecule is O=C(CCCc1ccccc1)C1CSCCO1. The summed E-state index contributed by atoms with van der Waals surface area (Å²) in [5, 5.41) is 0. The second-order valence-electron chi connectivity index (χ2n) is 4.24. The average molecular weight is 250 g/mol. The highest BCUT2D eigenvalue weighted by Crippen LogP contribution is 2.15. The first kappa shape index (κ1) is 12.7. The predicted molar refractivity (Wildman–Crippen MR) is 71.5 cm³/mol. The van der Waals surface area contributed by atoms with E-state index in [9.17, 15) is 4.79 Å². The van der Waals surface area contributed by atoms with Crippen LogP contribution in [0.1, 0.15) is 18.4 Å². The number of carbonyl (C=O) groups excluding carboxylic acids is 1. The molecule has 92 valence electrons. The minimum Gasteiger partial charge on any atom is -0.369 e. The van der Waals surface area contributed by atoms with Crippen molar-refractivity contribution in [3.63, 3.8) is 0 Å². The van der Waals surface area contributed by atoms with Gasteiger partial charge in [-0.1, -0.05) is 30.3 Å². The van der Waals surface area contributed by atoms with Gasteiger partial charge in [0.25, 0.3) is 0 Å². The van der Waals surface area contributed by atoms with Crippen molar-refractivity contribution in [2.75, 3.05) is 18.1 Å². The van der Waals surface area contributed by atoms with Gasteiger partial charge in [-0.3, -0.25) is 4.79 Å². The normalized spacial score (nSPS) is 20.1. The van der Waals surface area contributed by atoms with E-state index in [-0.39, 0.29) is 11.9 Å². The van der Waals surface area contributed by atoms with Crippen molar-refractivity contribution in [3.8, 4) is 0 Å². The number of ketones is 1. The standard InChI is InChI=1S/C14H18O2S/c15-13(14-11-17-10-9-16-14)8-4-7-12-5-2-1-3-6-12/h1-3,5-6,14H,4,7-11H2. The molecular weight excluding hydrogens is 232 g/mol. The first-order valence-electron chi connectivity index (χ1n) is 6.12. The van der Waals surface area contributed by atoms with Gasteiger partial charge in [0.15, 0.2) is 5.78 Å². The Bertz CT molecular complexity index is 344. The summed E-state index contributed by atoms with van der Waals surface area (Å²) in [5.74, 6) is 2.13. The molecule has 2 nitrogen and oxygen atoms in total. The van der Waals surface area contributed by atoms with Gasteiger partial charge in [-0.2, -0.15) is 11.8 Å². The minimum atomic E-state index is -0.149. The molecule has 0 aliphatic carbocycles.